The Balaban J connectivity index is 2.73. The molecule has 0 aliphatic carbocycles. The summed E-state index contributed by atoms with van der Waals surface area (Å²) in [5.74, 6) is 1.15. The van der Waals surface area contributed by atoms with E-state index in [4.69, 9.17) is 5.11 Å². The van der Waals surface area contributed by atoms with Gasteiger partial charge in [-0.1, -0.05) is 19.1 Å². The molecule has 1 N–H and O–H groups in total. The Kier molecular flexibility index (Phi) is 5.71. The van der Waals surface area contributed by atoms with Gasteiger partial charge in [0.25, 0.3) is 0 Å². The Morgan fingerprint density at radius 1 is 1.31 bits per heavy atom. The van der Waals surface area contributed by atoms with Crippen LogP contribution in [-0.4, -0.2) is 30.2 Å². The van der Waals surface area contributed by atoms with Gasteiger partial charge in [0.2, 0.25) is 0 Å². The van der Waals surface area contributed by atoms with Crippen LogP contribution in [0.1, 0.15) is 18.9 Å². The highest BCUT2D eigenvalue weighted by Gasteiger charge is 2.12. The zero-order valence-corrected chi connectivity index (χ0v) is 11.1. The summed E-state index contributed by atoms with van der Waals surface area (Å²) in [6, 6.07) is 8.70. The molecular formula is C13H21NOS. The fourth-order valence-corrected chi connectivity index (χ4v) is 2.59. The van der Waals surface area contributed by atoms with Gasteiger partial charge in [0.05, 0.1) is 6.61 Å². The van der Waals surface area contributed by atoms with E-state index < -0.39 is 0 Å². The van der Waals surface area contributed by atoms with E-state index in [1.54, 1.807) is 0 Å². The van der Waals surface area contributed by atoms with Crippen molar-refractivity contribution in [2.45, 2.75) is 26.0 Å². The maximum absolute atomic E-state index is 8.99. The van der Waals surface area contributed by atoms with E-state index in [0.717, 1.165) is 17.7 Å². The third-order valence-electron chi connectivity index (χ3n) is 2.90. The average Bonchev–Trinajstić information content (AvgIpc) is 2.35. The SMILES string of the molecule is CCC(CSC)N(C)c1ccc(CO)cc1. The third kappa shape index (κ3) is 3.42. The van der Waals surface area contributed by atoms with Gasteiger partial charge in [-0.25, -0.2) is 0 Å². The molecule has 1 rings (SSSR count). The molecule has 2 nitrogen and oxygen atoms in total. The number of aliphatic hydroxyl groups is 1. The fourth-order valence-electron chi connectivity index (χ4n) is 1.74. The summed E-state index contributed by atoms with van der Waals surface area (Å²) >= 11 is 1.88. The number of hydrogen-bond donors (Lipinski definition) is 1. The van der Waals surface area contributed by atoms with Crippen molar-refractivity contribution in [2.24, 2.45) is 0 Å². The molecule has 0 aliphatic rings. The standard InChI is InChI=1S/C13H21NOS/c1-4-12(10-16-3)14(2)13-7-5-11(9-15)6-8-13/h5-8,12,15H,4,9-10H2,1-3H3. The van der Waals surface area contributed by atoms with E-state index in [2.05, 4.69) is 37.3 Å². The normalized spacial score (nSPS) is 12.5. The first kappa shape index (κ1) is 13.4. The Labute approximate surface area is 103 Å². The molecule has 0 fully saturated rings. The van der Waals surface area contributed by atoms with Gasteiger partial charge in [-0.05, 0) is 30.4 Å². The molecule has 0 aliphatic heterocycles. The van der Waals surface area contributed by atoms with Crippen molar-refractivity contribution in [2.75, 3.05) is 24.0 Å². The number of benzene rings is 1. The second-order valence-electron chi connectivity index (χ2n) is 3.95. The van der Waals surface area contributed by atoms with Gasteiger partial charge >= 0.3 is 0 Å². The van der Waals surface area contributed by atoms with Crippen molar-refractivity contribution >= 4 is 17.4 Å². The summed E-state index contributed by atoms with van der Waals surface area (Å²) in [6.45, 7) is 2.34. The fraction of sp³-hybridized carbons (Fsp3) is 0.538. The summed E-state index contributed by atoms with van der Waals surface area (Å²) in [5.41, 5.74) is 2.19. The molecule has 0 spiro atoms. The number of anilines is 1. The summed E-state index contributed by atoms with van der Waals surface area (Å²) in [4.78, 5) is 2.32. The minimum absolute atomic E-state index is 0.117. The van der Waals surface area contributed by atoms with E-state index in [9.17, 15) is 0 Å². The van der Waals surface area contributed by atoms with Crippen molar-refractivity contribution in [3.05, 3.63) is 29.8 Å². The van der Waals surface area contributed by atoms with Gasteiger partial charge in [-0.3, -0.25) is 0 Å². The van der Waals surface area contributed by atoms with Gasteiger partial charge in [-0.15, -0.1) is 0 Å². The second-order valence-corrected chi connectivity index (χ2v) is 4.86. The summed E-state index contributed by atoms with van der Waals surface area (Å²) < 4.78 is 0. The lowest BCUT2D eigenvalue weighted by Crippen LogP contribution is -2.33. The van der Waals surface area contributed by atoms with E-state index in [-0.39, 0.29) is 6.61 Å². The maximum atomic E-state index is 8.99. The molecule has 90 valence electrons. The van der Waals surface area contributed by atoms with Crippen LogP contribution in [0.15, 0.2) is 24.3 Å². The lowest BCUT2D eigenvalue weighted by molar-refractivity contribution is 0.282. The number of nitrogens with zero attached hydrogens (tertiary/aromatic N) is 1. The Hall–Kier alpha value is -0.670. The lowest BCUT2D eigenvalue weighted by Gasteiger charge is -2.29. The lowest BCUT2D eigenvalue weighted by atomic mass is 10.1. The first-order chi connectivity index (χ1) is 7.72. The molecule has 1 atom stereocenters. The number of aliphatic hydroxyl groups excluding tert-OH is 1. The third-order valence-corrected chi connectivity index (χ3v) is 3.62. The van der Waals surface area contributed by atoms with Gasteiger partial charge in [0.1, 0.15) is 0 Å². The van der Waals surface area contributed by atoms with Gasteiger partial charge in [-0.2, -0.15) is 11.8 Å². The zero-order chi connectivity index (χ0) is 12.0. The minimum Gasteiger partial charge on any atom is -0.392 e. The van der Waals surface area contributed by atoms with Gasteiger partial charge in [0, 0.05) is 24.5 Å². The smallest absolute Gasteiger partial charge is 0.0681 e. The van der Waals surface area contributed by atoms with Crippen LogP contribution in [-0.2, 0) is 6.61 Å². The molecule has 1 aromatic carbocycles. The molecule has 16 heavy (non-hydrogen) atoms. The topological polar surface area (TPSA) is 23.5 Å². The first-order valence-corrected chi connectivity index (χ1v) is 7.03. The van der Waals surface area contributed by atoms with Crippen LogP contribution in [0.4, 0.5) is 5.69 Å². The molecule has 0 aromatic heterocycles. The maximum Gasteiger partial charge on any atom is 0.0681 e. The Morgan fingerprint density at radius 2 is 1.94 bits per heavy atom. The van der Waals surface area contributed by atoms with Crippen molar-refractivity contribution in [1.82, 2.24) is 0 Å². The monoisotopic (exact) mass is 239 g/mol. The molecular weight excluding hydrogens is 218 g/mol. The highest BCUT2D eigenvalue weighted by atomic mass is 32.2. The molecule has 3 heteroatoms. The number of hydrogen-bond acceptors (Lipinski definition) is 3. The zero-order valence-electron chi connectivity index (χ0n) is 10.3. The van der Waals surface area contributed by atoms with Crippen LogP contribution in [0.25, 0.3) is 0 Å². The van der Waals surface area contributed by atoms with Gasteiger partial charge in [0.15, 0.2) is 0 Å². The predicted octanol–water partition coefficient (Wildman–Crippen LogP) is 2.76. The van der Waals surface area contributed by atoms with Crippen molar-refractivity contribution in [1.29, 1.82) is 0 Å². The molecule has 0 amide bonds. The minimum atomic E-state index is 0.117. The Morgan fingerprint density at radius 3 is 2.38 bits per heavy atom. The average molecular weight is 239 g/mol. The van der Waals surface area contributed by atoms with Crippen LogP contribution in [0, 0.1) is 0 Å². The molecule has 0 saturated carbocycles. The van der Waals surface area contributed by atoms with Gasteiger partial charge < -0.3 is 10.0 Å². The van der Waals surface area contributed by atoms with Crippen molar-refractivity contribution < 1.29 is 5.11 Å². The summed E-state index contributed by atoms with van der Waals surface area (Å²) in [5, 5.41) is 8.99. The molecule has 0 bridgehead atoms. The highest BCUT2D eigenvalue weighted by Crippen LogP contribution is 2.19. The number of rotatable bonds is 6. The van der Waals surface area contributed by atoms with E-state index in [1.165, 1.54) is 5.69 Å². The predicted molar refractivity (Wildman–Crippen MR) is 73.2 cm³/mol. The highest BCUT2D eigenvalue weighted by molar-refractivity contribution is 7.98. The largest absolute Gasteiger partial charge is 0.392 e. The van der Waals surface area contributed by atoms with Crippen LogP contribution >= 0.6 is 11.8 Å². The molecule has 0 radical (unpaired) electrons. The van der Waals surface area contributed by atoms with Crippen LogP contribution in [0.5, 0.6) is 0 Å². The van der Waals surface area contributed by atoms with Crippen molar-refractivity contribution in [3.8, 4) is 0 Å². The molecule has 0 saturated heterocycles. The summed E-state index contributed by atoms with van der Waals surface area (Å²) in [7, 11) is 2.14. The number of thioether (sulfide) groups is 1. The van der Waals surface area contributed by atoms with Crippen LogP contribution in [0.2, 0.25) is 0 Å². The molecule has 0 heterocycles. The van der Waals surface area contributed by atoms with Crippen molar-refractivity contribution in [3.63, 3.8) is 0 Å². The second kappa shape index (κ2) is 6.81. The van der Waals surface area contributed by atoms with E-state index in [0.29, 0.717) is 6.04 Å². The molecule has 1 aromatic rings. The molecule has 1 unspecified atom stereocenters. The summed E-state index contributed by atoms with van der Waals surface area (Å²) in [6.07, 6.45) is 3.30. The van der Waals surface area contributed by atoms with E-state index in [1.807, 2.05) is 23.9 Å². The Bertz CT molecular complexity index is 299. The first-order valence-electron chi connectivity index (χ1n) is 5.64. The van der Waals surface area contributed by atoms with Crippen LogP contribution in [0.3, 0.4) is 0 Å². The van der Waals surface area contributed by atoms with E-state index >= 15 is 0 Å². The quantitative estimate of drug-likeness (QED) is 0.825. The van der Waals surface area contributed by atoms with Crippen LogP contribution < -0.4 is 4.90 Å².